The molecule has 3 aromatic rings. The van der Waals surface area contributed by atoms with Crippen molar-refractivity contribution in [2.24, 2.45) is 0 Å². The minimum atomic E-state index is -0.206. The molecule has 0 aliphatic heterocycles. The summed E-state index contributed by atoms with van der Waals surface area (Å²) in [7, 11) is 3.10. The molecular weight excluding hydrogens is 304 g/mol. The molecule has 0 spiro atoms. The lowest BCUT2D eigenvalue weighted by Crippen LogP contribution is -2.23. The number of fused-ring (bicyclic) bond motifs is 1. The number of ether oxygens (including phenoxy) is 2. The van der Waals surface area contributed by atoms with Crippen molar-refractivity contribution >= 4 is 16.8 Å². The number of rotatable bonds is 5. The lowest BCUT2D eigenvalue weighted by Gasteiger charge is -2.09. The Morgan fingerprint density at radius 1 is 1.00 bits per heavy atom. The van der Waals surface area contributed by atoms with Crippen LogP contribution >= 0.6 is 0 Å². The van der Waals surface area contributed by atoms with Gasteiger partial charge in [0.1, 0.15) is 11.5 Å². The molecule has 0 radical (unpaired) electrons. The Morgan fingerprint density at radius 3 is 2.42 bits per heavy atom. The van der Waals surface area contributed by atoms with Gasteiger partial charge in [0.05, 0.1) is 32.0 Å². The van der Waals surface area contributed by atoms with E-state index in [1.165, 1.54) is 0 Å². The number of benzene rings is 2. The SMILES string of the molecule is COc1cc(OC)cc(C(=O)NCc2ccc3ccccc3n2)c1. The standard InChI is InChI=1S/C19H18N2O3/c1-23-16-9-14(10-17(11-16)24-2)19(22)20-12-15-8-7-13-5-3-4-6-18(13)21-15/h3-11H,12H2,1-2H3,(H,20,22). The first-order chi connectivity index (χ1) is 11.7. The van der Waals surface area contributed by atoms with Gasteiger partial charge < -0.3 is 14.8 Å². The zero-order chi connectivity index (χ0) is 16.9. The highest BCUT2D eigenvalue weighted by atomic mass is 16.5. The molecule has 0 fully saturated rings. The number of nitrogens with one attached hydrogen (secondary N) is 1. The lowest BCUT2D eigenvalue weighted by molar-refractivity contribution is 0.0949. The quantitative estimate of drug-likeness (QED) is 0.784. The summed E-state index contributed by atoms with van der Waals surface area (Å²) in [6.45, 7) is 0.350. The van der Waals surface area contributed by atoms with Crippen LogP contribution in [0.4, 0.5) is 0 Å². The molecule has 0 saturated carbocycles. The van der Waals surface area contributed by atoms with Crippen molar-refractivity contribution in [2.45, 2.75) is 6.54 Å². The Morgan fingerprint density at radius 2 is 1.71 bits per heavy atom. The average Bonchev–Trinajstić information content (AvgIpc) is 2.65. The van der Waals surface area contributed by atoms with Crippen molar-refractivity contribution in [1.29, 1.82) is 0 Å². The predicted molar refractivity (Wildman–Crippen MR) is 92.5 cm³/mol. The molecule has 0 saturated heterocycles. The number of nitrogens with zero attached hydrogens (tertiary/aromatic N) is 1. The molecule has 0 atom stereocenters. The summed E-state index contributed by atoms with van der Waals surface area (Å²) in [5, 5.41) is 3.94. The molecule has 0 unspecified atom stereocenters. The summed E-state index contributed by atoms with van der Waals surface area (Å²) in [6, 6.07) is 16.9. The molecule has 1 heterocycles. The molecule has 1 N–H and O–H groups in total. The highest BCUT2D eigenvalue weighted by Gasteiger charge is 2.10. The van der Waals surface area contributed by atoms with Gasteiger partial charge in [0.15, 0.2) is 0 Å². The number of methoxy groups -OCH3 is 2. The molecule has 0 bridgehead atoms. The van der Waals surface area contributed by atoms with Gasteiger partial charge >= 0.3 is 0 Å². The maximum Gasteiger partial charge on any atom is 0.251 e. The molecule has 24 heavy (non-hydrogen) atoms. The van der Waals surface area contributed by atoms with Crippen molar-refractivity contribution in [3.63, 3.8) is 0 Å². The Balaban J connectivity index is 1.74. The summed E-state index contributed by atoms with van der Waals surface area (Å²) in [5.41, 5.74) is 2.19. The van der Waals surface area contributed by atoms with Crippen molar-refractivity contribution in [3.8, 4) is 11.5 Å². The van der Waals surface area contributed by atoms with Gasteiger partial charge in [-0.1, -0.05) is 24.3 Å². The summed E-state index contributed by atoms with van der Waals surface area (Å²) in [4.78, 5) is 16.9. The second-order valence-corrected chi connectivity index (χ2v) is 5.28. The average molecular weight is 322 g/mol. The number of hydrogen-bond donors (Lipinski definition) is 1. The number of carbonyl (C=O) groups excluding carboxylic acids is 1. The van der Waals surface area contributed by atoms with E-state index in [4.69, 9.17) is 9.47 Å². The van der Waals surface area contributed by atoms with Gasteiger partial charge in [0.25, 0.3) is 5.91 Å². The molecule has 122 valence electrons. The van der Waals surface area contributed by atoms with Gasteiger partial charge in [-0.15, -0.1) is 0 Å². The maximum absolute atomic E-state index is 12.4. The number of hydrogen-bond acceptors (Lipinski definition) is 4. The zero-order valence-electron chi connectivity index (χ0n) is 13.6. The fourth-order valence-corrected chi connectivity index (χ4v) is 2.42. The zero-order valence-corrected chi connectivity index (χ0v) is 13.6. The van der Waals surface area contributed by atoms with Gasteiger partial charge in [0, 0.05) is 17.0 Å². The highest BCUT2D eigenvalue weighted by molar-refractivity contribution is 5.95. The Hall–Kier alpha value is -3.08. The van der Waals surface area contributed by atoms with Crippen LogP contribution in [0.5, 0.6) is 11.5 Å². The minimum Gasteiger partial charge on any atom is -0.497 e. The summed E-state index contributed by atoms with van der Waals surface area (Å²) >= 11 is 0. The summed E-state index contributed by atoms with van der Waals surface area (Å²) in [5.74, 6) is 0.939. The fraction of sp³-hybridized carbons (Fsp3) is 0.158. The molecule has 2 aromatic carbocycles. The predicted octanol–water partition coefficient (Wildman–Crippen LogP) is 3.18. The van der Waals surface area contributed by atoms with E-state index in [9.17, 15) is 4.79 Å². The Bertz CT molecular complexity index is 855. The van der Waals surface area contributed by atoms with Crippen LogP contribution in [0.25, 0.3) is 10.9 Å². The van der Waals surface area contributed by atoms with E-state index < -0.39 is 0 Å². The molecule has 5 nitrogen and oxygen atoms in total. The van der Waals surface area contributed by atoms with Crippen molar-refractivity contribution in [2.75, 3.05) is 14.2 Å². The van der Waals surface area contributed by atoms with Gasteiger partial charge in [-0.3, -0.25) is 9.78 Å². The monoisotopic (exact) mass is 322 g/mol. The Kier molecular flexibility index (Phi) is 4.61. The molecule has 1 aromatic heterocycles. The van der Waals surface area contributed by atoms with Crippen molar-refractivity contribution < 1.29 is 14.3 Å². The van der Waals surface area contributed by atoms with E-state index in [0.29, 0.717) is 23.6 Å². The molecule has 0 aliphatic carbocycles. The van der Waals surface area contributed by atoms with Gasteiger partial charge in [-0.05, 0) is 24.3 Å². The molecule has 5 heteroatoms. The fourth-order valence-electron chi connectivity index (χ4n) is 2.42. The van der Waals surface area contributed by atoms with E-state index in [-0.39, 0.29) is 5.91 Å². The molecular formula is C19H18N2O3. The summed E-state index contributed by atoms with van der Waals surface area (Å²) < 4.78 is 10.4. The number of pyridine rings is 1. The first kappa shape index (κ1) is 15.8. The third-order valence-corrected chi connectivity index (χ3v) is 3.70. The minimum absolute atomic E-state index is 0.206. The number of para-hydroxylation sites is 1. The van der Waals surface area contributed by atoms with Crippen molar-refractivity contribution in [1.82, 2.24) is 10.3 Å². The number of aromatic nitrogens is 1. The number of carbonyl (C=O) groups is 1. The highest BCUT2D eigenvalue weighted by Crippen LogP contribution is 2.22. The lowest BCUT2D eigenvalue weighted by atomic mass is 10.1. The van der Waals surface area contributed by atoms with Crippen LogP contribution < -0.4 is 14.8 Å². The second kappa shape index (κ2) is 7.00. The van der Waals surface area contributed by atoms with Gasteiger partial charge in [-0.25, -0.2) is 0 Å². The summed E-state index contributed by atoms with van der Waals surface area (Å²) in [6.07, 6.45) is 0. The largest absolute Gasteiger partial charge is 0.497 e. The Labute approximate surface area is 140 Å². The van der Waals surface area contributed by atoms with E-state index >= 15 is 0 Å². The van der Waals surface area contributed by atoms with Crippen LogP contribution in [0.3, 0.4) is 0 Å². The topological polar surface area (TPSA) is 60.5 Å². The maximum atomic E-state index is 12.4. The van der Waals surface area contributed by atoms with Crippen LogP contribution in [0.15, 0.2) is 54.6 Å². The molecule has 1 amide bonds. The van der Waals surface area contributed by atoms with Gasteiger partial charge in [0.2, 0.25) is 0 Å². The van der Waals surface area contributed by atoms with E-state index in [1.807, 2.05) is 36.4 Å². The number of amides is 1. The van der Waals surface area contributed by atoms with Crippen LogP contribution in [0, 0.1) is 0 Å². The second-order valence-electron chi connectivity index (χ2n) is 5.28. The van der Waals surface area contributed by atoms with Gasteiger partial charge in [-0.2, -0.15) is 0 Å². The van der Waals surface area contributed by atoms with E-state index in [0.717, 1.165) is 16.6 Å². The third kappa shape index (κ3) is 3.46. The van der Waals surface area contributed by atoms with Crippen LogP contribution in [0.2, 0.25) is 0 Å². The first-order valence-electron chi connectivity index (χ1n) is 7.55. The van der Waals surface area contributed by atoms with Crippen LogP contribution in [0.1, 0.15) is 16.1 Å². The van der Waals surface area contributed by atoms with E-state index in [1.54, 1.807) is 32.4 Å². The van der Waals surface area contributed by atoms with Crippen LogP contribution in [-0.2, 0) is 6.54 Å². The third-order valence-electron chi connectivity index (χ3n) is 3.70. The van der Waals surface area contributed by atoms with Crippen LogP contribution in [-0.4, -0.2) is 25.1 Å². The first-order valence-corrected chi connectivity index (χ1v) is 7.55. The molecule has 3 rings (SSSR count). The molecule has 0 aliphatic rings. The van der Waals surface area contributed by atoms with E-state index in [2.05, 4.69) is 10.3 Å². The smallest absolute Gasteiger partial charge is 0.251 e. The normalized spacial score (nSPS) is 10.4. The van der Waals surface area contributed by atoms with Crippen molar-refractivity contribution in [3.05, 3.63) is 65.9 Å².